The van der Waals surface area contributed by atoms with Crippen LogP contribution in [0.2, 0.25) is 0 Å². The van der Waals surface area contributed by atoms with E-state index in [2.05, 4.69) is 4.90 Å². The highest BCUT2D eigenvalue weighted by atomic mass is 32.2. The van der Waals surface area contributed by atoms with Gasteiger partial charge in [0, 0.05) is 24.8 Å². The predicted octanol–water partition coefficient (Wildman–Crippen LogP) is 1.43. The fraction of sp³-hybridized carbons (Fsp3) is 0.571. The normalized spacial score (nSPS) is 17.1. The molecule has 0 radical (unpaired) electrons. The Morgan fingerprint density at radius 1 is 1.10 bits per heavy atom. The van der Waals surface area contributed by atoms with E-state index >= 15 is 0 Å². The van der Waals surface area contributed by atoms with Gasteiger partial charge < -0.3 is 10.6 Å². The fourth-order valence-electron chi connectivity index (χ4n) is 2.88. The van der Waals surface area contributed by atoms with Crippen molar-refractivity contribution in [3.63, 3.8) is 0 Å². The average molecular weight is 297 g/mol. The van der Waals surface area contributed by atoms with Gasteiger partial charge in [-0.3, -0.25) is 0 Å². The van der Waals surface area contributed by atoms with Gasteiger partial charge in [-0.15, -0.1) is 0 Å². The van der Waals surface area contributed by atoms with Crippen LogP contribution in [-0.4, -0.2) is 27.5 Å². The van der Waals surface area contributed by atoms with E-state index in [1.54, 1.807) is 12.1 Å². The minimum atomic E-state index is -3.63. The van der Waals surface area contributed by atoms with Crippen molar-refractivity contribution >= 4 is 15.7 Å². The molecule has 0 unspecified atom stereocenters. The van der Waals surface area contributed by atoms with Gasteiger partial charge in [-0.05, 0) is 37.1 Å². The molecule has 0 aromatic heterocycles. The lowest BCUT2D eigenvalue weighted by Crippen LogP contribution is -2.40. The second-order valence-electron chi connectivity index (χ2n) is 5.31. The molecule has 0 aliphatic heterocycles. The summed E-state index contributed by atoms with van der Waals surface area (Å²) < 4.78 is 22.6. The Labute approximate surface area is 121 Å². The predicted molar refractivity (Wildman–Crippen MR) is 81.1 cm³/mol. The Balaban J connectivity index is 2.20. The first-order valence-electron chi connectivity index (χ1n) is 7.12. The molecule has 0 amide bonds. The maximum absolute atomic E-state index is 11.3. The molecule has 0 spiro atoms. The van der Waals surface area contributed by atoms with Crippen LogP contribution in [0.3, 0.4) is 0 Å². The van der Waals surface area contributed by atoms with E-state index in [0.29, 0.717) is 12.6 Å². The van der Waals surface area contributed by atoms with Crippen LogP contribution in [0.25, 0.3) is 0 Å². The third kappa shape index (κ3) is 3.71. The number of hydrogen-bond acceptors (Lipinski definition) is 4. The number of nitrogens with zero attached hydrogens (tertiary/aromatic N) is 1. The molecule has 0 saturated heterocycles. The summed E-state index contributed by atoms with van der Waals surface area (Å²) in [6.45, 7) is 1.38. The molecule has 1 aromatic rings. The summed E-state index contributed by atoms with van der Waals surface area (Å²) in [4.78, 5) is 2.45. The third-order valence-electron chi connectivity index (χ3n) is 3.88. The van der Waals surface area contributed by atoms with Crippen molar-refractivity contribution in [2.24, 2.45) is 10.9 Å². The Hall–Kier alpha value is -1.11. The van der Waals surface area contributed by atoms with E-state index in [-0.39, 0.29) is 4.90 Å². The summed E-state index contributed by atoms with van der Waals surface area (Å²) in [5, 5.41) is 5.12. The molecule has 1 aliphatic rings. The number of hydrogen-bond donors (Lipinski definition) is 2. The second kappa shape index (κ2) is 6.56. The fourth-order valence-corrected chi connectivity index (χ4v) is 3.40. The minimum absolute atomic E-state index is 0.151. The standard InChI is InChI=1S/C14H23N3O2S/c15-10-11-17(12-4-2-1-3-5-12)13-6-8-14(9-7-13)20(16,18)19/h6-9,12H,1-5,10-11,15H2,(H2,16,18,19). The van der Waals surface area contributed by atoms with Gasteiger partial charge in [0.1, 0.15) is 0 Å². The van der Waals surface area contributed by atoms with Crippen LogP contribution in [0.1, 0.15) is 32.1 Å². The second-order valence-corrected chi connectivity index (χ2v) is 6.87. The molecule has 1 aromatic carbocycles. The van der Waals surface area contributed by atoms with E-state index in [0.717, 1.165) is 12.2 Å². The van der Waals surface area contributed by atoms with Gasteiger partial charge in [0.05, 0.1) is 4.90 Å². The van der Waals surface area contributed by atoms with E-state index in [1.807, 2.05) is 12.1 Å². The van der Waals surface area contributed by atoms with Crippen molar-refractivity contribution < 1.29 is 8.42 Å². The summed E-state index contributed by atoms with van der Waals surface area (Å²) >= 11 is 0. The lowest BCUT2D eigenvalue weighted by atomic mass is 9.93. The van der Waals surface area contributed by atoms with Gasteiger partial charge >= 0.3 is 0 Å². The van der Waals surface area contributed by atoms with Gasteiger partial charge in [0.15, 0.2) is 0 Å². The number of anilines is 1. The molecule has 6 heteroatoms. The summed E-state index contributed by atoms with van der Waals surface area (Å²) in [5.41, 5.74) is 6.74. The highest BCUT2D eigenvalue weighted by molar-refractivity contribution is 7.89. The highest BCUT2D eigenvalue weighted by Gasteiger charge is 2.21. The molecular formula is C14H23N3O2S. The Morgan fingerprint density at radius 2 is 1.70 bits per heavy atom. The lowest BCUT2D eigenvalue weighted by Gasteiger charge is -2.36. The van der Waals surface area contributed by atoms with Crippen molar-refractivity contribution in [1.82, 2.24) is 0 Å². The summed E-state index contributed by atoms with van der Waals surface area (Å²) in [7, 11) is -3.63. The number of primary sulfonamides is 1. The number of rotatable bonds is 5. The van der Waals surface area contributed by atoms with Crippen LogP contribution in [0.5, 0.6) is 0 Å². The van der Waals surface area contributed by atoms with Crippen LogP contribution in [0, 0.1) is 0 Å². The molecule has 2 rings (SSSR count). The zero-order valence-corrected chi connectivity index (χ0v) is 12.5. The summed E-state index contributed by atoms with van der Waals surface area (Å²) in [5.74, 6) is 0. The van der Waals surface area contributed by atoms with Crippen LogP contribution in [-0.2, 0) is 10.0 Å². The maximum Gasteiger partial charge on any atom is 0.238 e. The van der Waals surface area contributed by atoms with Crippen molar-refractivity contribution in [1.29, 1.82) is 0 Å². The average Bonchev–Trinajstić information content (AvgIpc) is 2.45. The smallest absolute Gasteiger partial charge is 0.238 e. The lowest BCUT2D eigenvalue weighted by molar-refractivity contribution is 0.416. The van der Waals surface area contributed by atoms with Crippen LogP contribution in [0.4, 0.5) is 5.69 Å². The van der Waals surface area contributed by atoms with Crippen molar-refractivity contribution in [2.45, 2.75) is 43.0 Å². The molecule has 0 heterocycles. The van der Waals surface area contributed by atoms with Crippen LogP contribution in [0.15, 0.2) is 29.2 Å². The zero-order chi connectivity index (χ0) is 14.6. The molecular weight excluding hydrogens is 274 g/mol. The first kappa shape index (κ1) is 15.3. The van der Waals surface area contributed by atoms with E-state index in [1.165, 1.54) is 32.1 Å². The quantitative estimate of drug-likeness (QED) is 0.860. The largest absolute Gasteiger partial charge is 0.367 e. The number of nitrogens with two attached hydrogens (primary N) is 2. The maximum atomic E-state index is 11.3. The Bertz CT molecular complexity index is 522. The molecule has 20 heavy (non-hydrogen) atoms. The van der Waals surface area contributed by atoms with Crippen molar-refractivity contribution in [3.8, 4) is 0 Å². The molecule has 1 fully saturated rings. The van der Waals surface area contributed by atoms with Gasteiger partial charge in [0.25, 0.3) is 0 Å². The Morgan fingerprint density at radius 3 is 2.20 bits per heavy atom. The van der Waals surface area contributed by atoms with Crippen molar-refractivity contribution in [3.05, 3.63) is 24.3 Å². The minimum Gasteiger partial charge on any atom is -0.367 e. The SMILES string of the molecule is NCCN(c1ccc(S(N)(=O)=O)cc1)C1CCCCC1. The van der Waals surface area contributed by atoms with E-state index in [9.17, 15) is 8.42 Å². The van der Waals surface area contributed by atoms with Gasteiger partial charge in [-0.1, -0.05) is 19.3 Å². The molecule has 5 nitrogen and oxygen atoms in total. The first-order valence-corrected chi connectivity index (χ1v) is 8.66. The van der Waals surface area contributed by atoms with Crippen LogP contribution >= 0.6 is 0 Å². The molecule has 1 aliphatic carbocycles. The molecule has 0 atom stereocenters. The summed E-state index contributed by atoms with van der Waals surface area (Å²) in [6.07, 6.45) is 6.16. The number of benzene rings is 1. The Kier molecular flexibility index (Phi) is 5.01. The van der Waals surface area contributed by atoms with Gasteiger partial charge in [-0.2, -0.15) is 0 Å². The molecule has 112 valence electrons. The topological polar surface area (TPSA) is 89.4 Å². The zero-order valence-electron chi connectivity index (χ0n) is 11.7. The van der Waals surface area contributed by atoms with E-state index < -0.39 is 10.0 Å². The van der Waals surface area contributed by atoms with Crippen LogP contribution < -0.4 is 15.8 Å². The summed E-state index contributed by atoms with van der Waals surface area (Å²) in [6, 6.07) is 7.29. The highest BCUT2D eigenvalue weighted by Crippen LogP contribution is 2.27. The number of sulfonamides is 1. The van der Waals surface area contributed by atoms with E-state index in [4.69, 9.17) is 10.9 Å². The molecule has 1 saturated carbocycles. The first-order chi connectivity index (χ1) is 9.52. The molecule has 4 N–H and O–H groups in total. The monoisotopic (exact) mass is 297 g/mol. The van der Waals surface area contributed by atoms with Gasteiger partial charge in [-0.25, -0.2) is 13.6 Å². The molecule has 0 bridgehead atoms. The van der Waals surface area contributed by atoms with Gasteiger partial charge in [0.2, 0.25) is 10.0 Å². The van der Waals surface area contributed by atoms with Crippen molar-refractivity contribution in [2.75, 3.05) is 18.0 Å². The third-order valence-corrected chi connectivity index (χ3v) is 4.81.